The molecule has 0 radical (unpaired) electrons. The van der Waals surface area contributed by atoms with Crippen LogP contribution in [0, 0.1) is 34.3 Å². The molecule has 1 saturated carbocycles. The van der Waals surface area contributed by atoms with Crippen LogP contribution in [0.3, 0.4) is 0 Å². The lowest BCUT2D eigenvalue weighted by Gasteiger charge is -2.39. The van der Waals surface area contributed by atoms with Crippen LogP contribution in [0.15, 0.2) is 18.3 Å². The van der Waals surface area contributed by atoms with E-state index in [-0.39, 0.29) is 23.2 Å². The maximum Gasteiger partial charge on any atom is 0.257 e. The number of hydrogen-bond acceptors (Lipinski definition) is 5. The Balaban J connectivity index is 1.46. The number of piperazine rings is 1. The average Bonchev–Trinajstić information content (AvgIpc) is 3.70. The summed E-state index contributed by atoms with van der Waals surface area (Å²) in [7, 11) is 0. The van der Waals surface area contributed by atoms with Gasteiger partial charge in [0.2, 0.25) is 5.91 Å². The van der Waals surface area contributed by atoms with E-state index in [0.29, 0.717) is 68.7 Å². The molecule has 0 atom stereocenters. The van der Waals surface area contributed by atoms with Crippen molar-refractivity contribution < 1.29 is 18.4 Å². The molecule has 178 valence electrons. The zero-order valence-corrected chi connectivity index (χ0v) is 19.2. The van der Waals surface area contributed by atoms with Crippen LogP contribution < -0.4 is 4.90 Å². The minimum absolute atomic E-state index is 0.145. The van der Waals surface area contributed by atoms with Crippen LogP contribution >= 0.6 is 0 Å². The number of nitriles is 1. The van der Waals surface area contributed by atoms with Crippen molar-refractivity contribution in [2.45, 2.75) is 32.6 Å². The van der Waals surface area contributed by atoms with Gasteiger partial charge in [-0.1, -0.05) is 0 Å². The van der Waals surface area contributed by atoms with Crippen molar-refractivity contribution >= 4 is 28.4 Å². The van der Waals surface area contributed by atoms with Gasteiger partial charge in [0.05, 0.1) is 28.3 Å². The molecule has 3 aliphatic rings. The number of amides is 2. The number of fused-ring (bicyclic) bond motifs is 1. The maximum absolute atomic E-state index is 14.3. The molecule has 0 unspecified atom stereocenters. The molecule has 1 aromatic carbocycles. The Kier molecular flexibility index (Phi) is 5.62. The van der Waals surface area contributed by atoms with Crippen LogP contribution in [0.25, 0.3) is 10.9 Å². The minimum Gasteiger partial charge on any atom is -0.370 e. The average molecular weight is 468 g/mol. The zero-order valence-electron chi connectivity index (χ0n) is 19.2. The highest BCUT2D eigenvalue weighted by atomic mass is 19.2. The standard InChI is InChI=1S/C25H27F2N5O2/c1-25(15-28)4-6-30(7-5-25)22-17-12-19(26)20(27)13-21(17)29-14-18(22)24(34)32-10-8-31(9-11-32)23(33)16-2-3-16/h12-14,16H,2-11H2,1H3. The van der Waals surface area contributed by atoms with E-state index in [1.54, 1.807) is 4.90 Å². The molecule has 7 nitrogen and oxygen atoms in total. The van der Waals surface area contributed by atoms with Crippen molar-refractivity contribution in [3.05, 3.63) is 35.5 Å². The highest BCUT2D eigenvalue weighted by Crippen LogP contribution is 2.38. The molecule has 0 bridgehead atoms. The minimum atomic E-state index is -0.994. The summed E-state index contributed by atoms with van der Waals surface area (Å²) < 4.78 is 28.2. The highest BCUT2D eigenvalue weighted by Gasteiger charge is 2.37. The molecule has 2 saturated heterocycles. The normalized spacial score (nSPS) is 20.4. The Bertz CT molecular complexity index is 1190. The molecular weight excluding hydrogens is 440 g/mol. The van der Waals surface area contributed by atoms with E-state index in [2.05, 4.69) is 11.1 Å². The van der Waals surface area contributed by atoms with Gasteiger partial charge in [-0.3, -0.25) is 14.6 Å². The zero-order chi connectivity index (χ0) is 24.0. The van der Waals surface area contributed by atoms with Crippen LogP contribution in [0.4, 0.5) is 14.5 Å². The smallest absolute Gasteiger partial charge is 0.257 e. The van der Waals surface area contributed by atoms with E-state index in [0.717, 1.165) is 25.0 Å². The van der Waals surface area contributed by atoms with Crippen molar-refractivity contribution in [2.75, 3.05) is 44.2 Å². The van der Waals surface area contributed by atoms with Gasteiger partial charge in [-0.05, 0) is 38.7 Å². The number of aromatic nitrogens is 1. The number of piperidine rings is 1. The lowest BCUT2D eigenvalue weighted by atomic mass is 9.81. The largest absolute Gasteiger partial charge is 0.370 e. The Labute approximate surface area is 196 Å². The molecule has 3 fully saturated rings. The number of pyridine rings is 1. The Morgan fingerprint density at radius 3 is 2.26 bits per heavy atom. The van der Waals surface area contributed by atoms with Crippen molar-refractivity contribution in [3.8, 4) is 6.07 Å². The van der Waals surface area contributed by atoms with E-state index in [4.69, 9.17) is 0 Å². The maximum atomic E-state index is 14.3. The number of anilines is 1. The van der Waals surface area contributed by atoms with Crippen LogP contribution in [0.2, 0.25) is 0 Å². The summed E-state index contributed by atoms with van der Waals surface area (Å²) in [5, 5.41) is 9.88. The summed E-state index contributed by atoms with van der Waals surface area (Å²) >= 11 is 0. The van der Waals surface area contributed by atoms with Crippen molar-refractivity contribution in [3.63, 3.8) is 0 Å². The number of carbonyl (C=O) groups excluding carboxylic acids is 2. The van der Waals surface area contributed by atoms with Gasteiger partial charge in [0.15, 0.2) is 11.6 Å². The molecule has 3 heterocycles. The molecule has 1 aromatic heterocycles. The first-order valence-electron chi connectivity index (χ1n) is 11.8. The molecule has 0 spiro atoms. The summed E-state index contributed by atoms with van der Waals surface area (Å²) in [4.78, 5) is 35.8. The third-order valence-electron chi connectivity index (χ3n) is 7.37. The SMILES string of the molecule is CC1(C#N)CCN(c2c(C(=O)N3CCN(C(=O)C4CC4)CC3)cnc3cc(F)c(F)cc23)CC1. The fourth-order valence-electron chi connectivity index (χ4n) is 4.89. The number of nitrogens with zero attached hydrogens (tertiary/aromatic N) is 5. The molecular formula is C25H27F2N5O2. The summed E-state index contributed by atoms with van der Waals surface area (Å²) in [6, 6.07) is 4.52. The predicted molar refractivity (Wildman–Crippen MR) is 122 cm³/mol. The van der Waals surface area contributed by atoms with Crippen LogP contribution in [0.5, 0.6) is 0 Å². The monoisotopic (exact) mass is 467 g/mol. The first-order valence-corrected chi connectivity index (χ1v) is 11.8. The highest BCUT2D eigenvalue weighted by molar-refractivity contribution is 6.07. The van der Waals surface area contributed by atoms with Gasteiger partial charge in [-0.2, -0.15) is 5.26 Å². The third kappa shape index (κ3) is 4.06. The summed E-state index contributed by atoms with van der Waals surface area (Å²) in [6.45, 7) is 4.76. The molecule has 34 heavy (non-hydrogen) atoms. The molecule has 9 heteroatoms. The summed E-state index contributed by atoms with van der Waals surface area (Å²) in [5.41, 5.74) is 0.691. The fourth-order valence-corrected chi connectivity index (χ4v) is 4.89. The van der Waals surface area contributed by atoms with Gasteiger partial charge in [-0.25, -0.2) is 8.78 Å². The Morgan fingerprint density at radius 2 is 1.65 bits per heavy atom. The summed E-state index contributed by atoms with van der Waals surface area (Å²) in [5.74, 6) is -1.90. The van der Waals surface area contributed by atoms with Crippen molar-refractivity contribution in [1.82, 2.24) is 14.8 Å². The molecule has 5 rings (SSSR count). The van der Waals surface area contributed by atoms with Gasteiger partial charge in [0.1, 0.15) is 0 Å². The Morgan fingerprint density at radius 1 is 1.03 bits per heavy atom. The lowest BCUT2D eigenvalue weighted by Crippen LogP contribution is -2.51. The molecule has 2 amide bonds. The van der Waals surface area contributed by atoms with Crippen LogP contribution in [-0.2, 0) is 4.79 Å². The predicted octanol–water partition coefficient (Wildman–Crippen LogP) is 3.34. The summed E-state index contributed by atoms with van der Waals surface area (Å²) in [6.07, 6.45) is 4.54. The second-order valence-electron chi connectivity index (χ2n) is 9.86. The van der Waals surface area contributed by atoms with Crippen molar-refractivity contribution in [1.29, 1.82) is 5.26 Å². The van der Waals surface area contributed by atoms with Gasteiger partial charge < -0.3 is 14.7 Å². The number of carbonyl (C=O) groups is 2. The van der Waals surface area contributed by atoms with E-state index in [9.17, 15) is 23.6 Å². The topological polar surface area (TPSA) is 80.5 Å². The number of benzene rings is 1. The number of hydrogen-bond donors (Lipinski definition) is 0. The molecule has 2 aromatic rings. The van der Waals surface area contributed by atoms with E-state index in [1.165, 1.54) is 6.20 Å². The second-order valence-corrected chi connectivity index (χ2v) is 9.86. The molecule has 1 aliphatic carbocycles. The van der Waals surface area contributed by atoms with Gasteiger partial charge in [0.25, 0.3) is 5.91 Å². The van der Waals surface area contributed by atoms with Gasteiger partial charge in [0, 0.05) is 62.8 Å². The lowest BCUT2D eigenvalue weighted by molar-refractivity contribution is -0.134. The van der Waals surface area contributed by atoms with E-state index >= 15 is 0 Å². The van der Waals surface area contributed by atoms with E-state index in [1.807, 2.05) is 16.7 Å². The first-order chi connectivity index (χ1) is 16.3. The van der Waals surface area contributed by atoms with Crippen molar-refractivity contribution in [2.24, 2.45) is 11.3 Å². The van der Waals surface area contributed by atoms with Crippen LogP contribution in [-0.4, -0.2) is 65.9 Å². The van der Waals surface area contributed by atoms with E-state index < -0.39 is 17.0 Å². The number of halogens is 2. The molecule has 0 N–H and O–H groups in total. The van der Waals surface area contributed by atoms with Crippen LogP contribution in [0.1, 0.15) is 43.0 Å². The first kappa shape index (κ1) is 22.5. The number of rotatable bonds is 3. The van der Waals surface area contributed by atoms with Gasteiger partial charge >= 0.3 is 0 Å². The quantitative estimate of drug-likeness (QED) is 0.692. The third-order valence-corrected chi connectivity index (χ3v) is 7.37. The second kappa shape index (κ2) is 8.49. The Hall–Kier alpha value is -3.28. The fraction of sp³-hybridized carbons (Fsp3) is 0.520. The van der Waals surface area contributed by atoms with Gasteiger partial charge in [-0.15, -0.1) is 0 Å². The molecule has 2 aliphatic heterocycles.